The minimum Gasteiger partial charge on any atom is -0.491 e. The van der Waals surface area contributed by atoms with Crippen LogP contribution in [0.5, 0.6) is 5.75 Å². The molecule has 0 aliphatic carbocycles. The van der Waals surface area contributed by atoms with Gasteiger partial charge in [-0.2, -0.15) is 0 Å². The van der Waals surface area contributed by atoms with E-state index in [1.165, 1.54) is 0 Å². The molecule has 3 rings (SSSR count). The number of nitrogens with one attached hydrogen (secondary N) is 2. The van der Waals surface area contributed by atoms with Gasteiger partial charge in [-0.3, -0.25) is 5.32 Å². The smallest absolute Gasteiger partial charge is 0.320 e. The average molecular weight is 331 g/mol. The highest BCUT2D eigenvalue weighted by molar-refractivity contribution is 5.88. The summed E-state index contributed by atoms with van der Waals surface area (Å²) in [4.78, 5) is 11.8. The van der Waals surface area contributed by atoms with E-state index in [0.717, 1.165) is 30.8 Å². The number of urea groups is 1. The van der Waals surface area contributed by atoms with E-state index in [4.69, 9.17) is 14.0 Å². The molecular formula is C17H21N3O4. The van der Waals surface area contributed by atoms with E-state index in [-0.39, 0.29) is 12.1 Å². The highest BCUT2D eigenvalue weighted by atomic mass is 16.5. The SMILES string of the molecule is Cc1cc(NC(=O)NCc2ccc(OC[C@H]3CCCO3)cc2)no1. The molecule has 1 fully saturated rings. The van der Waals surface area contributed by atoms with Crippen LogP contribution in [-0.2, 0) is 11.3 Å². The summed E-state index contributed by atoms with van der Waals surface area (Å²) in [5.41, 5.74) is 0.978. The first-order valence-corrected chi connectivity index (χ1v) is 8.00. The topological polar surface area (TPSA) is 85.6 Å². The molecule has 0 bridgehead atoms. The van der Waals surface area contributed by atoms with E-state index >= 15 is 0 Å². The Hall–Kier alpha value is -2.54. The number of aryl methyl sites for hydroxylation is 1. The maximum absolute atomic E-state index is 11.8. The summed E-state index contributed by atoms with van der Waals surface area (Å²) in [6, 6.07) is 8.95. The first-order chi connectivity index (χ1) is 11.7. The third-order valence-corrected chi connectivity index (χ3v) is 3.71. The Bertz CT molecular complexity index is 663. The number of hydrogen-bond donors (Lipinski definition) is 2. The van der Waals surface area contributed by atoms with E-state index in [0.29, 0.717) is 24.7 Å². The summed E-state index contributed by atoms with van der Waals surface area (Å²) in [6.45, 7) is 3.58. The van der Waals surface area contributed by atoms with E-state index in [2.05, 4.69) is 15.8 Å². The largest absolute Gasteiger partial charge is 0.491 e. The molecule has 2 aromatic rings. The third-order valence-electron chi connectivity index (χ3n) is 3.71. The number of benzene rings is 1. The molecule has 128 valence electrons. The molecule has 7 nitrogen and oxygen atoms in total. The zero-order valence-corrected chi connectivity index (χ0v) is 13.6. The quantitative estimate of drug-likeness (QED) is 0.850. The summed E-state index contributed by atoms with van der Waals surface area (Å²) < 4.78 is 16.1. The molecule has 1 atom stereocenters. The molecule has 2 amide bonds. The van der Waals surface area contributed by atoms with E-state index in [1.807, 2.05) is 24.3 Å². The maximum Gasteiger partial charge on any atom is 0.320 e. The fraction of sp³-hybridized carbons (Fsp3) is 0.412. The lowest BCUT2D eigenvalue weighted by Crippen LogP contribution is -2.28. The van der Waals surface area contributed by atoms with Crippen LogP contribution in [-0.4, -0.2) is 30.5 Å². The summed E-state index contributed by atoms with van der Waals surface area (Å²) >= 11 is 0. The van der Waals surface area contributed by atoms with Crippen LogP contribution in [0, 0.1) is 6.92 Å². The number of ether oxygens (including phenoxy) is 2. The number of anilines is 1. The van der Waals surface area contributed by atoms with Gasteiger partial charge in [0.25, 0.3) is 0 Å². The zero-order chi connectivity index (χ0) is 16.8. The second-order valence-electron chi connectivity index (χ2n) is 5.72. The van der Waals surface area contributed by atoms with Gasteiger partial charge in [0, 0.05) is 19.2 Å². The number of hydrogen-bond acceptors (Lipinski definition) is 5. The molecule has 1 aromatic carbocycles. The molecule has 1 aliphatic heterocycles. The van der Waals surface area contributed by atoms with Crippen LogP contribution in [0.3, 0.4) is 0 Å². The van der Waals surface area contributed by atoms with Crippen LogP contribution < -0.4 is 15.4 Å². The number of nitrogens with zero attached hydrogens (tertiary/aromatic N) is 1. The van der Waals surface area contributed by atoms with Crippen LogP contribution in [0.1, 0.15) is 24.2 Å². The minimum atomic E-state index is -0.331. The van der Waals surface area contributed by atoms with Gasteiger partial charge in [-0.1, -0.05) is 17.3 Å². The number of rotatable bonds is 6. The molecule has 0 spiro atoms. The van der Waals surface area contributed by atoms with Crippen LogP contribution in [0.2, 0.25) is 0 Å². The molecule has 24 heavy (non-hydrogen) atoms. The van der Waals surface area contributed by atoms with Gasteiger partial charge in [0.2, 0.25) is 0 Å². The summed E-state index contributed by atoms with van der Waals surface area (Å²) in [5.74, 6) is 1.84. The van der Waals surface area contributed by atoms with Gasteiger partial charge < -0.3 is 19.3 Å². The molecule has 0 unspecified atom stereocenters. The standard InChI is InChI=1S/C17H21N3O4/c1-12-9-16(20-24-12)19-17(21)18-10-13-4-6-14(7-5-13)23-11-15-3-2-8-22-15/h4-7,9,15H,2-3,8,10-11H2,1H3,(H2,18,19,20,21)/t15-/m1/s1. The fourth-order valence-electron chi connectivity index (χ4n) is 2.44. The molecule has 0 radical (unpaired) electrons. The van der Waals surface area contributed by atoms with Gasteiger partial charge >= 0.3 is 6.03 Å². The minimum absolute atomic E-state index is 0.204. The van der Waals surface area contributed by atoms with Crippen molar-refractivity contribution in [3.05, 3.63) is 41.7 Å². The Morgan fingerprint density at radius 3 is 2.88 bits per heavy atom. The predicted molar refractivity (Wildman–Crippen MR) is 88.0 cm³/mol. The van der Waals surface area contributed by atoms with E-state index in [1.54, 1.807) is 13.0 Å². The van der Waals surface area contributed by atoms with Gasteiger partial charge in [-0.05, 0) is 37.5 Å². The first kappa shape index (κ1) is 16.3. The van der Waals surface area contributed by atoms with Crippen LogP contribution in [0.4, 0.5) is 10.6 Å². The van der Waals surface area contributed by atoms with E-state index < -0.39 is 0 Å². The van der Waals surface area contributed by atoms with Crippen molar-refractivity contribution >= 4 is 11.8 Å². The predicted octanol–water partition coefficient (Wildman–Crippen LogP) is 2.86. The molecule has 1 aromatic heterocycles. The number of aromatic nitrogens is 1. The van der Waals surface area contributed by atoms with Gasteiger partial charge in [0.1, 0.15) is 18.1 Å². The second-order valence-corrected chi connectivity index (χ2v) is 5.72. The Labute approximate surface area is 140 Å². The van der Waals surface area contributed by atoms with Crippen molar-refractivity contribution in [2.24, 2.45) is 0 Å². The molecule has 1 aliphatic rings. The van der Waals surface area contributed by atoms with Crippen LogP contribution in [0.25, 0.3) is 0 Å². The van der Waals surface area contributed by atoms with Crippen LogP contribution >= 0.6 is 0 Å². The van der Waals surface area contributed by atoms with Crippen molar-refractivity contribution in [3.63, 3.8) is 0 Å². The van der Waals surface area contributed by atoms with Crippen molar-refractivity contribution in [1.29, 1.82) is 0 Å². The third kappa shape index (κ3) is 4.73. The Morgan fingerprint density at radius 2 is 2.21 bits per heavy atom. The lowest BCUT2D eigenvalue weighted by molar-refractivity contribution is 0.0679. The molecular weight excluding hydrogens is 310 g/mol. The highest BCUT2D eigenvalue weighted by Gasteiger charge is 2.15. The van der Waals surface area contributed by atoms with E-state index in [9.17, 15) is 4.79 Å². The lowest BCUT2D eigenvalue weighted by Gasteiger charge is -2.12. The van der Waals surface area contributed by atoms with Crippen molar-refractivity contribution < 1.29 is 18.8 Å². The molecule has 7 heteroatoms. The summed E-state index contributed by atoms with van der Waals surface area (Å²) in [6.07, 6.45) is 2.37. The van der Waals surface area contributed by atoms with Crippen molar-refractivity contribution in [2.75, 3.05) is 18.5 Å². The Morgan fingerprint density at radius 1 is 1.38 bits per heavy atom. The van der Waals surface area contributed by atoms with Crippen molar-refractivity contribution in [3.8, 4) is 5.75 Å². The van der Waals surface area contributed by atoms with Gasteiger partial charge in [0.15, 0.2) is 5.82 Å². The highest BCUT2D eigenvalue weighted by Crippen LogP contribution is 2.16. The zero-order valence-electron chi connectivity index (χ0n) is 13.6. The van der Waals surface area contributed by atoms with Gasteiger partial charge in [0.05, 0.1) is 6.10 Å². The first-order valence-electron chi connectivity index (χ1n) is 8.00. The lowest BCUT2D eigenvalue weighted by atomic mass is 10.2. The van der Waals surface area contributed by atoms with Gasteiger partial charge in [-0.25, -0.2) is 4.79 Å². The van der Waals surface area contributed by atoms with Gasteiger partial charge in [-0.15, -0.1) is 0 Å². The van der Waals surface area contributed by atoms with Crippen LogP contribution in [0.15, 0.2) is 34.9 Å². The normalized spacial score (nSPS) is 16.8. The second kappa shape index (κ2) is 7.83. The summed E-state index contributed by atoms with van der Waals surface area (Å²) in [7, 11) is 0. The average Bonchev–Trinajstić information content (AvgIpc) is 3.24. The number of carbonyl (C=O) groups excluding carboxylic acids is 1. The van der Waals surface area contributed by atoms with Crippen molar-refractivity contribution in [1.82, 2.24) is 10.5 Å². The Kier molecular flexibility index (Phi) is 5.32. The number of carbonyl (C=O) groups is 1. The molecule has 2 N–H and O–H groups in total. The molecule has 1 saturated heterocycles. The summed E-state index contributed by atoms with van der Waals surface area (Å²) in [5, 5.41) is 9.06. The Balaban J connectivity index is 1.41. The van der Waals surface area contributed by atoms with Crippen molar-refractivity contribution in [2.45, 2.75) is 32.4 Å². The monoisotopic (exact) mass is 331 g/mol. The molecule has 0 saturated carbocycles. The number of amides is 2. The fourth-order valence-corrected chi connectivity index (χ4v) is 2.44. The molecule has 2 heterocycles. The maximum atomic E-state index is 11.8.